The second-order valence-electron chi connectivity index (χ2n) is 5.90. The zero-order valence-electron chi connectivity index (χ0n) is 13.0. The quantitative estimate of drug-likeness (QED) is 0.680. The molecule has 3 heterocycles. The molecule has 0 saturated carbocycles. The minimum absolute atomic E-state index is 0.0801. The van der Waals surface area contributed by atoms with Gasteiger partial charge >= 0.3 is 5.63 Å². The highest BCUT2D eigenvalue weighted by molar-refractivity contribution is 5.97. The number of rotatable bonds is 2. The minimum atomic E-state index is -0.592. The van der Waals surface area contributed by atoms with Crippen molar-refractivity contribution in [3.05, 3.63) is 76.4 Å². The zero-order chi connectivity index (χ0) is 16.5. The van der Waals surface area contributed by atoms with Crippen LogP contribution >= 0.6 is 0 Å². The molecule has 0 aliphatic carbocycles. The third kappa shape index (κ3) is 2.48. The molecule has 1 unspecified atom stereocenters. The van der Waals surface area contributed by atoms with Gasteiger partial charge in [0.1, 0.15) is 11.1 Å². The van der Waals surface area contributed by atoms with Gasteiger partial charge in [0, 0.05) is 18.1 Å². The molecule has 1 atom stereocenters. The monoisotopic (exact) mass is 320 g/mol. The van der Waals surface area contributed by atoms with E-state index in [1.807, 2.05) is 30.3 Å². The molecule has 1 saturated heterocycles. The molecular formula is C19H16N2O3. The second kappa shape index (κ2) is 5.92. The highest BCUT2D eigenvalue weighted by atomic mass is 16.4. The molecule has 0 N–H and O–H groups in total. The molecule has 1 aliphatic rings. The first-order valence-corrected chi connectivity index (χ1v) is 7.99. The Morgan fingerprint density at radius 1 is 1.17 bits per heavy atom. The molecule has 120 valence electrons. The number of nitrogens with zero attached hydrogens (tertiary/aromatic N) is 2. The summed E-state index contributed by atoms with van der Waals surface area (Å²) in [5.41, 5.74) is 0.831. The average Bonchev–Trinajstić information content (AvgIpc) is 3.11. The van der Waals surface area contributed by atoms with Crippen molar-refractivity contribution >= 4 is 16.9 Å². The number of hydrogen-bond donors (Lipinski definition) is 0. The summed E-state index contributed by atoms with van der Waals surface area (Å²) in [5.74, 6) is -0.289. The van der Waals surface area contributed by atoms with Gasteiger partial charge in [0.25, 0.3) is 5.91 Å². The number of fused-ring (bicyclic) bond motifs is 1. The SMILES string of the molecule is O=C(c1cc2ccccc2oc1=O)N1CCCC1c1ccccn1. The van der Waals surface area contributed by atoms with Crippen molar-refractivity contribution in [3.8, 4) is 0 Å². The van der Waals surface area contributed by atoms with E-state index in [0.29, 0.717) is 12.1 Å². The van der Waals surface area contributed by atoms with Crippen LogP contribution in [0.3, 0.4) is 0 Å². The topological polar surface area (TPSA) is 63.4 Å². The summed E-state index contributed by atoms with van der Waals surface area (Å²) in [6.45, 7) is 0.617. The summed E-state index contributed by atoms with van der Waals surface area (Å²) in [7, 11) is 0. The van der Waals surface area contributed by atoms with Crippen molar-refractivity contribution in [2.24, 2.45) is 0 Å². The third-order valence-electron chi connectivity index (χ3n) is 4.41. The Labute approximate surface area is 138 Å². The van der Waals surface area contributed by atoms with E-state index >= 15 is 0 Å². The zero-order valence-corrected chi connectivity index (χ0v) is 13.0. The highest BCUT2D eigenvalue weighted by Gasteiger charge is 2.32. The maximum atomic E-state index is 12.9. The number of hydrogen-bond acceptors (Lipinski definition) is 4. The Morgan fingerprint density at radius 2 is 2.00 bits per heavy atom. The van der Waals surface area contributed by atoms with E-state index in [-0.39, 0.29) is 17.5 Å². The van der Waals surface area contributed by atoms with Crippen molar-refractivity contribution in [3.63, 3.8) is 0 Å². The van der Waals surface area contributed by atoms with E-state index in [9.17, 15) is 9.59 Å². The van der Waals surface area contributed by atoms with Gasteiger partial charge in [-0.1, -0.05) is 24.3 Å². The van der Waals surface area contributed by atoms with Gasteiger partial charge in [-0.05, 0) is 37.1 Å². The van der Waals surface area contributed by atoms with E-state index in [0.717, 1.165) is 23.9 Å². The molecule has 5 heteroatoms. The number of para-hydroxylation sites is 1. The molecule has 1 aromatic carbocycles. The first kappa shape index (κ1) is 14.6. The number of benzene rings is 1. The molecule has 5 nitrogen and oxygen atoms in total. The first-order chi connectivity index (χ1) is 11.7. The van der Waals surface area contributed by atoms with Crippen LogP contribution in [0, 0.1) is 0 Å². The van der Waals surface area contributed by atoms with E-state index in [4.69, 9.17) is 4.42 Å². The minimum Gasteiger partial charge on any atom is -0.422 e. The molecule has 1 fully saturated rings. The van der Waals surface area contributed by atoms with Gasteiger partial charge < -0.3 is 9.32 Å². The van der Waals surface area contributed by atoms with Crippen LogP contribution in [0.15, 0.2) is 63.9 Å². The second-order valence-corrected chi connectivity index (χ2v) is 5.90. The van der Waals surface area contributed by atoms with E-state index in [1.54, 1.807) is 29.3 Å². The molecule has 3 aromatic rings. The van der Waals surface area contributed by atoms with Crippen LogP contribution in [0.5, 0.6) is 0 Å². The Balaban J connectivity index is 1.73. The Hall–Kier alpha value is -2.95. The maximum Gasteiger partial charge on any atom is 0.349 e. The van der Waals surface area contributed by atoms with Gasteiger partial charge in [0.05, 0.1) is 11.7 Å². The van der Waals surface area contributed by atoms with Gasteiger partial charge in [-0.25, -0.2) is 4.79 Å². The lowest BCUT2D eigenvalue weighted by molar-refractivity contribution is 0.0729. The number of amides is 1. The fraction of sp³-hybridized carbons (Fsp3) is 0.211. The lowest BCUT2D eigenvalue weighted by Gasteiger charge is -2.24. The van der Waals surface area contributed by atoms with Crippen molar-refractivity contribution in [1.29, 1.82) is 0 Å². The van der Waals surface area contributed by atoms with Crippen molar-refractivity contribution < 1.29 is 9.21 Å². The Bertz CT molecular complexity index is 949. The van der Waals surface area contributed by atoms with Crippen LogP contribution < -0.4 is 5.63 Å². The number of carbonyl (C=O) groups is 1. The summed E-state index contributed by atoms with van der Waals surface area (Å²) in [6.07, 6.45) is 3.47. The summed E-state index contributed by atoms with van der Waals surface area (Å²) >= 11 is 0. The van der Waals surface area contributed by atoms with Crippen LogP contribution in [0.2, 0.25) is 0 Å². The van der Waals surface area contributed by atoms with Gasteiger partial charge in [-0.2, -0.15) is 0 Å². The van der Waals surface area contributed by atoms with Gasteiger partial charge in [-0.15, -0.1) is 0 Å². The van der Waals surface area contributed by atoms with Gasteiger partial charge in [-0.3, -0.25) is 9.78 Å². The Kier molecular flexibility index (Phi) is 3.61. The number of carbonyl (C=O) groups excluding carboxylic acids is 1. The fourth-order valence-corrected chi connectivity index (χ4v) is 3.26. The smallest absolute Gasteiger partial charge is 0.349 e. The van der Waals surface area contributed by atoms with Crippen LogP contribution in [-0.2, 0) is 0 Å². The van der Waals surface area contributed by atoms with Crippen LogP contribution in [-0.4, -0.2) is 22.3 Å². The third-order valence-corrected chi connectivity index (χ3v) is 4.41. The number of aromatic nitrogens is 1. The molecule has 0 bridgehead atoms. The van der Waals surface area contributed by atoms with Crippen molar-refractivity contribution in [1.82, 2.24) is 9.88 Å². The molecule has 1 aliphatic heterocycles. The largest absolute Gasteiger partial charge is 0.422 e. The standard InChI is InChI=1S/C19H16N2O3/c22-18(14-12-13-6-1-2-9-17(13)24-19(14)23)21-11-5-8-16(21)15-7-3-4-10-20-15/h1-4,6-7,9-10,12,16H,5,8,11H2. The molecule has 2 aromatic heterocycles. The molecular weight excluding hydrogens is 304 g/mol. The molecule has 0 spiro atoms. The molecule has 4 rings (SSSR count). The summed E-state index contributed by atoms with van der Waals surface area (Å²) < 4.78 is 5.30. The van der Waals surface area contributed by atoms with Gasteiger partial charge in [0.2, 0.25) is 0 Å². The fourth-order valence-electron chi connectivity index (χ4n) is 3.26. The number of likely N-dealkylation sites (tertiary alicyclic amines) is 1. The lowest BCUT2D eigenvalue weighted by Crippen LogP contribution is -2.34. The van der Waals surface area contributed by atoms with Crippen LogP contribution in [0.1, 0.15) is 34.9 Å². The normalized spacial score (nSPS) is 17.3. The van der Waals surface area contributed by atoms with E-state index < -0.39 is 5.63 Å². The predicted molar refractivity (Wildman–Crippen MR) is 89.7 cm³/mol. The van der Waals surface area contributed by atoms with Crippen molar-refractivity contribution in [2.75, 3.05) is 6.54 Å². The van der Waals surface area contributed by atoms with E-state index in [2.05, 4.69) is 4.98 Å². The number of pyridine rings is 1. The summed E-state index contributed by atoms with van der Waals surface area (Å²) in [6, 6.07) is 14.4. The highest BCUT2D eigenvalue weighted by Crippen LogP contribution is 2.31. The van der Waals surface area contributed by atoms with Crippen LogP contribution in [0.25, 0.3) is 11.0 Å². The molecule has 0 radical (unpaired) electrons. The van der Waals surface area contributed by atoms with Gasteiger partial charge in [0.15, 0.2) is 0 Å². The average molecular weight is 320 g/mol. The predicted octanol–water partition coefficient (Wildman–Crippen LogP) is 3.17. The molecule has 1 amide bonds. The lowest BCUT2D eigenvalue weighted by atomic mass is 10.1. The Morgan fingerprint density at radius 3 is 2.83 bits per heavy atom. The first-order valence-electron chi connectivity index (χ1n) is 7.99. The van der Waals surface area contributed by atoms with E-state index in [1.165, 1.54) is 0 Å². The maximum absolute atomic E-state index is 12.9. The molecule has 24 heavy (non-hydrogen) atoms. The summed E-state index contributed by atoms with van der Waals surface area (Å²) in [5, 5.41) is 0.744. The van der Waals surface area contributed by atoms with Crippen LogP contribution in [0.4, 0.5) is 0 Å². The summed E-state index contributed by atoms with van der Waals surface area (Å²) in [4.78, 5) is 31.3. The van der Waals surface area contributed by atoms with Crippen molar-refractivity contribution in [2.45, 2.75) is 18.9 Å².